The molecule has 3 atom stereocenters. The van der Waals surface area contributed by atoms with Crippen molar-refractivity contribution in [2.24, 2.45) is 5.92 Å². The number of furan rings is 1. The number of rotatable bonds is 5. The van der Waals surface area contributed by atoms with Crippen molar-refractivity contribution in [2.45, 2.75) is 50.7 Å². The number of carbonyl (C=O) groups is 2. The Labute approximate surface area is 129 Å². The molecule has 3 aliphatic rings. The van der Waals surface area contributed by atoms with Gasteiger partial charge in [-0.1, -0.05) is 6.92 Å². The van der Waals surface area contributed by atoms with Gasteiger partial charge in [0.05, 0.1) is 6.54 Å². The molecule has 1 saturated heterocycles. The number of hydrogen-bond donors (Lipinski definition) is 2. The van der Waals surface area contributed by atoms with Gasteiger partial charge in [-0.15, -0.1) is 0 Å². The summed E-state index contributed by atoms with van der Waals surface area (Å²) >= 11 is 0. The van der Waals surface area contributed by atoms with E-state index >= 15 is 0 Å². The van der Waals surface area contributed by atoms with Crippen molar-refractivity contribution in [1.82, 2.24) is 15.5 Å². The summed E-state index contributed by atoms with van der Waals surface area (Å²) in [5, 5.41) is 5.31. The Kier molecular flexibility index (Phi) is 3.13. The van der Waals surface area contributed by atoms with Gasteiger partial charge in [0.25, 0.3) is 0 Å². The Morgan fingerprint density at radius 1 is 1.41 bits per heavy atom. The summed E-state index contributed by atoms with van der Waals surface area (Å²) < 4.78 is 5.92. The number of nitrogens with zero attached hydrogens (tertiary/aromatic N) is 1. The van der Waals surface area contributed by atoms with Gasteiger partial charge in [0.15, 0.2) is 0 Å². The highest BCUT2D eigenvalue weighted by Crippen LogP contribution is 2.47. The molecule has 1 aromatic heterocycles. The normalized spacial score (nSPS) is 29.9. The predicted octanol–water partition coefficient (Wildman–Crippen LogP) is 1.58. The van der Waals surface area contributed by atoms with Crippen LogP contribution in [-0.2, 0) is 11.3 Å². The molecule has 22 heavy (non-hydrogen) atoms. The molecule has 118 valence electrons. The average molecular weight is 303 g/mol. The molecule has 2 heterocycles. The maximum Gasteiger partial charge on any atom is 0.315 e. The summed E-state index contributed by atoms with van der Waals surface area (Å²) in [6, 6.07) is 3.59. The summed E-state index contributed by atoms with van der Waals surface area (Å²) in [7, 11) is 0. The minimum atomic E-state index is -0.453. The van der Waals surface area contributed by atoms with E-state index in [1.54, 1.807) is 0 Å². The van der Waals surface area contributed by atoms with Gasteiger partial charge in [0.2, 0.25) is 5.91 Å². The number of nitrogens with one attached hydrogen (secondary N) is 2. The molecule has 1 aliphatic heterocycles. The molecule has 0 spiro atoms. The molecular weight excluding hydrogens is 282 g/mol. The Morgan fingerprint density at radius 2 is 2.18 bits per heavy atom. The highest BCUT2D eigenvalue weighted by Gasteiger charge is 2.40. The van der Waals surface area contributed by atoms with Crippen LogP contribution >= 0.6 is 0 Å². The Bertz CT molecular complexity index is 608. The molecule has 4 rings (SSSR count). The zero-order chi connectivity index (χ0) is 15.3. The highest BCUT2D eigenvalue weighted by atomic mass is 16.3. The van der Waals surface area contributed by atoms with Crippen molar-refractivity contribution in [3.05, 3.63) is 23.7 Å². The first-order chi connectivity index (χ1) is 10.6. The third-order valence-electron chi connectivity index (χ3n) is 4.82. The lowest BCUT2D eigenvalue weighted by Crippen LogP contribution is -2.46. The zero-order valence-corrected chi connectivity index (χ0v) is 12.7. The minimum absolute atomic E-state index is 0.0152. The van der Waals surface area contributed by atoms with Crippen LogP contribution in [0.3, 0.4) is 0 Å². The van der Waals surface area contributed by atoms with Gasteiger partial charge in [-0.25, -0.2) is 4.79 Å². The van der Waals surface area contributed by atoms with E-state index < -0.39 is 6.04 Å². The minimum Gasteiger partial charge on any atom is -0.464 e. The molecule has 2 N–H and O–H groups in total. The van der Waals surface area contributed by atoms with E-state index in [1.807, 2.05) is 17.0 Å². The third-order valence-corrected chi connectivity index (χ3v) is 4.82. The van der Waals surface area contributed by atoms with Gasteiger partial charge in [-0.05, 0) is 37.3 Å². The van der Waals surface area contributed by atoms with Crippen LogP contribution in [0.25, 0.3) is 0 Å². The molecule has 3 amide bonds. The maximum absolute atomic E-state index is 12.6. The van der Waals surface area contributed by atoms with Crippen LogP contribution < -0.4 is 10.6 Å². The summed E-state index contributed by atoms with van der Waals surface area (Å²) in [5.74, 6) is 3.13. The second-order valence-corrected chi connectivity index (χ2v) is 6.73. The first kappa shape index (κ1) is 13.7. The second kappa shape index (κ2) is 5.04. The second-order valence-electron chi connectivity index (χ2n) is 6.73. The van der Waals surface area contributed by atoms with Crippen molar-refractivity contribution in [3.63, 3.8) is 0 Å². The zero-order valence-electron chi connectivity index (χ0n) is 12.7. The number of carbonyl (C=O) groups excluding carboxylic acids is 2. The van der Waals surface area contributed by atoms with E-state index in [0.29, 0.717) is 31.0 Å². The van der Waals surface area contributed by atoms with Crippen molar-refractivity contribution in [1.29, 1.82) is 0 Å². The summed E-state index contributed by atoms with van der Waals surface area (Å²) in [5.41, 5.74) is 0. The Morgan fingerprint density at radius 3 is 2.77 bits per heavy atom. The van der Waals surface area contributed by atoms with Gasteiger partial charge >= 0.3 is 6.03 Å². The lowest BCUT2D eigenvalue weighted by Gasteiger charge is -2.24. The fourth-order valence-corrected chi connectivity index (χ4v) is 3.14. The topological polar surface area (TPSA) is 74.6 Å². The van der Waals surface area contributed by atoms with Crippen LogP contribution in [0.1, 0.15) is 43.6 Å². The molecule has 0 bridgehead atoms. The van der Waals surface area contributed by atoms with Crippen LogP contribution in [0, 0.1) is 5.92 Å². The molecule has 6 nitrogen and oxygen atoms in total. The molecule has 2 saturated carbocycles. The summed E-state index contributed by atoms with van der Waals surface area (Å²) in [6.07, 6.45) is 3.26. The van der Waals surface area contributed by atoms with Crippen molar-refractivity contribution in [3.8, 4) is 0 Å². The lowest BCUT2D eigenvalue weighted by atomic mass is 10.2. The maximum atomic E-state index is 12.6. The average Bonchev–Trinajstić information content (AvgIpc) is 3.37. The molecular formula is C16H21N3O3. The molecule has 0 aromatic carbocycles. The van der Waals surface area contributed by atoms with Gasteiger partial charge in [0.1, 0.15) is 17.6 Å². The van der Waals surface area contributed by atoms with Crippen molar-refractivity contribution >= 4 is 11.9 Å². The molecule has 0 radical (unpaired) electrons. The molecule has 2 aliphatic carbocycles. The van der Waals surface area contributed by atoms with Crippen LogP contribution in [0.4, 0.5) is 4.79 Å². The molecule has 0 unspecified atom stereocenters. The smallest absolute Gasteiger partial charge is 0.315 e. The van der Waals surface area contributed by atoms with E-state index in [2.05, 4.69) is 17.6 Å². The molecule has 1 aromatic rings. The summed E-state index contributed by atoms with van der Waals surface area (Å²) in [6.45, 7) is 3.09. The quantitative estimate of drug-likeness (QED) is 0.867. The van der Waals surface area contributed by atoms with Gasteiger partial charge in [-0.3, -0.25) is 4.79 Å². The SMILES string of the molecule is C[C@@H]1C[C@@H]1c1ccc(CN(C(=O)[C@H]2CNC(=O)N2)C2CC2)o1. The molecule has 6 heteroatoms. The van der Waals surface area contributed by atoms with Crippen molar-refractivity contribution < 1.29 is 14.0 Å². The van der Waals surface area contributed by atoms with E-state index in [4.69, 9.17) is 4.42 Å². The van der Waals surface area contributed by atoms with Crippen LogP contribution in [0.15, 0.2) is 16.5 Å². The van der Waals surface area contributed by atoms with Gasteiger partial charge < -0.3 is 20.0 Å². The van der Waals surface area contributed by atoms with Gasteiger partial charge in [-0.2, -0.15) is 0 Å². The fourth-order valence-electron chi connectivity index (χ4n) is 3.14. The number of urea groups is 1. The van der Waals surface area contributed by atoms with Gasteiger partial charge in [0, 0.05) is 18.5 Å². The molecule has 3 fully saturated rings. The largest absolute Gasteiger partial charge is 0.464 e. The van der Waals surface area contributed by atoms with Crippen molar-refractivity contribution in [2.75, 3.05) is 6.54 Å². The Balaban J connectivity index is 1.44. The van der Waals surface area contributed by atoms with E-state index in [-0.39, 0.29) is 11.9 Å². The van der Waals surface area contributed by atoms with E-state index in [0.717, 1.165) is 24.4 Å². The standard InChI is InChI=1S/C16H21N3O3/c1-9-6-12(9)14-5-4-11(22-14)8-19(10-2-3-10)15(20)13-7-17-16(21)18-13/h4-5,9-10,12-13H,2-3,6-8H2,1H3,(H2,17,18,21)/t9-,12+,13-/m1/s1. The monoisotopic (exact) mass is 303 g/mol. The number of hydrogen-bond acceptors (Lipinski definition) is 3. The van der Waals surface area contributed by atoms with E-state index in [9.17, 15) is 9.59 Å². The fraction of sp³-hybridized carbons (Fsp3) is 0.625. The highest BCUT2D eigenvalue weighted by molar-refractivity contribution is 5.90. The van der Waals surface area contributed by atoms with Crippen LogP contribution in [0.2, 0.25) is 0 Å². The lowest BCUT2D eigenvalue weighted by molar-refractivity contribution is -0.134. The predicted molar refractivity (Wildman–Crippen MR) is 79.1 cm³/mol. The van der Waals surface area contributed by atoms with E-state index in [1.165, 1.54) is 6.42 Å². The first-order valence-electron chi connectivity index (χ1n) is 8.05. The number of amides is 3. The Hall–Kier alpha value is -1.98. The van der Waals surface area contributed by atoms with Crippen LogP contribution in [0.5, 0.6) is 0 Å². The van der Waals surface area contributed by atoms with Crippen LogP contribution in [-0.4, -0.2) is 35.5 Å². The summed E-state index contributed by atoms with van der Waals surface area (Å²) in [4.78, 5) is 25.7. The first-order valence-corrected chi connectivity index (χ1v) is 8.05. The third kappa shape index (κ3) is 2.58.